The maximum atomic E-state index is 12.1. The van der Waals surface area contributed by atoms with Crippen LogP contribution in [0.5, 0.6) is 11.5 Å². The summed E-state index contributed by atoms with van der Waals surface area (Å²) in [5.41, 5.74) is 0.698. The van der Waals surface area contributed by atoms with Gasteiger partial charge in [-0.2, -0.15) is 0 Å². The third kappa shape index (κ3) is 2.98. The van der Waals surface area contributed by atoms with E-state index in [0.717, 1.165) is 0 Å². The SMILES string of the molecule is O=CCOc1ccc(C(=O)c2ccccc2)c(O)c1. The van der Waals surface area contributed by atoms with E-state index < -0.39 is 0 Å². The van der Waals surface area contributed by atoms with Gasteiger partial charge in [0, 0.05) is 11.6 Å². The maximum absolute atomic E-state index is 12.1. The predicted molar refractivity (Wildman–Crippen MR) is 69.5 cm³/mol. The molecule has 0 fully saturated rings. The average molecular weight is 256 g/mol. The van der Waals surface area contributed by atoms with Gasteiger partial charge in [0.05, 0.1) is 5.56 Å². The molecule has 2 rings (SSSR count). The topological polar surface area (TPSA) is 63.6 Å². The fourth-order valence-corrected chi connectivity index (χ4v) is 1.67. The number of benzene rings is 2. The molecule has 0 atom stereocenters. The first-order valence-electron chi connectivity index (χ1n) is 5.71. The smallest absolute Gasteiger partial charge is 0.196 e. The molecular formula is C15H12O4. The van der Waals surface area contributed by atoms with Gasteiger partial charge in [0.25, 0.3) is 0 Å². The lowest BCUT2D eigenvalue weighted by atomic mass is 10.0. The Kier molecular flexibility index (Phi) is 3.93. The van der Waals surface area contributed by atoms with Gasteiger partial charge in [-0.1, -0.05) is 30.3 Å². The molecule has 19 heavy (non-hydrogen) atoms. The summed E-state index contributed by atoms with van der Waals surface area (Å²) in [7, 11) is 0. The number of hydrogen-bond donors (Lipinski definition) is 1. The van der Waals surface area contributed by atoms with Gasteiger partial charge in [-0.3, -0.25) is 9.59 Å². The van der Waals surface area contributed by atoms with E-state index in [9.17, 15) is 14.7 Å². The Hall–Kier alpha value is -2.62. The molecule has 0 aliphatic carbocycles. The van der Waals surface area contributed by atoms with Crippen LogP contribution >= 0.6 is 0 Å². The van der Waals surface area contributed by atoms with Gasteiger partial charge in [-0.05, 0) is 12.1 Å². The number of phenols is 1. The molecule has 0 aliphatic rings. The van der Waals surface area contributed by atoms with E-state index >= 15 is 0 Å². The molecule has 0 amide bonds. The monoisotopic (exact) mass is 256 g/mol. The van der Waals surface area contributed by atoms with Gasteiger partial charge in [0.1, 0.15) is 18.1 Å². The van der Waals surface area contributed by atoms with Crippen molar-refractivity contribution in [1.29, 1.82) is 0 Å². The van der Waals surface area contributed by atoms with Crippen molar-refractivity contribution in [2.45, 2.75) is 0 Å². The molecule has 1 N–H and O–H groups in total. The molecular weight excluding hydrogens is 244 g/mol. The van der Waals surface area contributed by atoms with Crippen LogP contribution in [0, 0.1) is 0 Å². The van der Waals surface area contributed by atoms with Gasteiger partial charge in [0.2, 0.25) is 0 Å². The fraction of sp³-hybridized carbons (Fsp3) is 0.0667. The highest BCUT2D eigenvalue weighted by molar-refractivity contribution is 6.10. The summed E-state index contributed by atoms with van der Waals surface area (Å²) >= 11 is 0. The summed E-state index contributed by atoms with van der Waals surface area (Å²) in [5, 5.41) is 9.83. The lowest BCUT2D eigenvalue weighted by Crippen LogP contribution is -2.02. The van der Waals surface area contributed by atoms with Crippen molar-refractivity contribution < 1.29 is 19.4 Å². The van der Waals surface area contributed by atoms with Crippen molar-refractivity contribution in [1.82, 2.24) is 0 Å². The normalized spacial score (nSPS) is 9.89. The third-order valence-corrected chi connectivity index (χ3v) is 2.57. The quantitative estimate of drug-likeness (QED) is 0.658. The number of aldehydes is 1. The van der Waals surface area contributed by atoms with Crippen LogP contribution in [0.2, 0.25) is 0 Å². The van der Waals surface area contributed by atoms with Crippen molar-refractivity contribution in [3.05, 3.63) is 59.7 Å². The Morgan fingerprint density at radius 3 is 2.53 bits per heavy atom. The highest BCUT2D eigenvalue weighted by Crippen LogP contribution is 2.25. The summed E-state index contributed by atoms with van der Waals surface area (Å²) in [6.45, 7) is -0.0918. The van der Waals surface area contributed by atoms with E-state index in [1.165, 1.54) is 12.1 Å². The largest absolute Gasteiger partial charge is 0.507 e. The van der Waals surface area contributed by atoms with Gasteiger partial charge in [-0.25, -0.2) is 0 Å². The van der Waals surface area contributed by atoms with Gasteiger partial charge in [0.15, 0.2) is 12.1 Å². The first-order chi connectivity index (χ1) is 9.22. The molecule has 0 unspecified atom stereocenters. The molecule has 0 aliphatic heterocycles. The first kappa shape index (κ1) is 12.8. The van der Waals surface area contributed by atoms with Crippen LogP contribution in [-0.2, 0) is 4.79 Å². The van der Waals surface area contributed by atoms with Gasteiger partial charge < -0.3 is 9.84 Å². The molecule has 0 heterocycles. The molecule has 0 radical (unpaired) electrons. The fourth-order valence-electron chi connectivity index (χ4n) is 1.67. The Labute approximate surface area is 110 Å². The van der Waals surface area contributed by atoms with Crippen molar-refractivity contribution in [2.24, 2.45) is 0 Å². The molecule has 0 aromatic heterocycles. The molecule has 2 aromatic carbocycles. The first-order valence-corrected chi connectivity index (χ1v) is 5.71. The third-order valence-electron chi connectivity index (χ3n) is 2.57. The van der Waals surface area contributed by atoms with Crippen molar-refractivity contribution >= 4 is 12.1 Å². The number of ketones is 1. The highest BCUT2D eigenvalue weighted by Gasteiger charge is 2.13. The van der Waals surface area contributed by atoms with E-state index in [2.05, 4.69) is 0 Å². The van der Waals surface area contributed by atoms with Crippen LogP contribution in [0.15, 0.2) is 48.5 Å². The number of carbonyl (C=O) groups excluding carboxylic acids is 2. The molecule has 0 bridgehead atoms. The summed E-state index contributed by atoms with van der Waals surface area (Å²) in [4.78, 5) is 22.3. The molecule has 96 valence electrons. The van der Waals surface area contributed by atoms with Crippen LogP contribution in [0.1, 0.15) is 15.9 Å². The number of aromatic hydroxyl groups is 1. The minimum atomic E-state index is -0.264. The molecule has 2 aromatic rings. The highest BCUT2D eigenvalue weighted by atomic mass is 16.5. The van der Waals surface area contributed by atoms with Crippen LogP contribution in [0.4, 0.5) is 0 Å². The van der Waals surface area contributed by atoms with Crippen molar-refractivity contribution in [3.63, 3.8) is 0 Å². The van der Waals surface area contributed by atoms with Crippen LogP contribution in [-0.4, -0.2) is 23.8 Å². The second-order valence-electron chi connectivity index (χ2n) is 3.85. The Balaban J connectivity index is 2.26. The zero-order valence-corrected chi connectivity index (χ0v) is 10.1. The standard InChI is InChI=1S/C15H12O4/c16-8-9-19-12-6-7-13(14(17)10-12)15(18)11-4-2-1-3-5-11/h1-8,10,17H,9H2. The summed E-state index contributed by atoms with van der Waals surface area (Å²) in [5.74, 6) is -0.0912. The minimum absolute atomic E-state index is 0.0918. The van der Waals surface area contributed by atoms with Gasteiger partial charge in [-0.15, -0.1) is 0 Å². The molecule has 0 saturated carbocycles. The lowest BCUT2D eigenvalue weighted by molar-refractivity contribution is -0.109. The van der Waals surface area contributed by atoms with E-state index in [4.69, 9.17) is 4.74 Å². The van der Waals surface area contributed by atoms with E-state index in [1.807, 2.05) is 6.07 Å². The second kappa shape index (κ2) is 5.82. The lowest BCUT2D eigenvalue weighted by Gasteiger charge is -2.07. The maximum Gasteiger partial charge on any atom is 0.196 e. The van der Waals surface area contributed by atoms with Gasteiger partial charge >= 0.3 is 0 Å². The summed E-state index contributed by atoms with van der Waals surface area (Å²) in [6, 6.07) is 13.0. The Morgan fingerprint density at radius 2 is 1.89 bits per heavy atom. The van der Waals surface area contributed by atoms with Crippen LogP contribution < -0.4 is 4.74 Å². The Morgan fingerprint density at radius 1 is 1.16 bits per heavy atom. The Bertz CT molecular complexity index is 590. The predicted octanol–water partition coefficient (Wildman–Crippen LogP) is 2.20. The minimum Gasteiger partial charge on any atom is -0.507 e. The van der Waals surface area contributed by atoms with Crippen LogP contribution in [0.3, 0.4) is 0 Å². The number of carbonyl (C=O) groups is 2. The van der Waals surface area contributed by atoms with E-state index in [1.54, 1.807) is 30.3 Å². The molecule has 4 heteroatoms. The second-order valence-corrected chi connectivity index (χ2v) is 3.85. The number of rotatable bonds is 5. The zero-order valence-electron chi connectivity index (χ0n) is 10.1. The van der Waals surface area contributed by atoms with Crippen molar-refractivity contribution in [2.75, 3.05) is 6.61 Å². The van der Waals surface area contributed by atoms with Crippen LogP contribution in [0.25, 0.3) is 0 Å². The molecule has 0 spiro atoms. The molecule has 0 saturated heterocycles. The summed E-state index contributed by atoms with van der Waals surface area (Å²) in [6.07, 6.45) is 0.611. The zero-order chi connectivity index (χ0) is 13.7. The average Bonchev–Trinajstić information content (AvgIpc) is 2.45. The summed E-state index contributed by atoms with van der Waals surface area (Å²) < 4.78 is 5.04. The van der Waals surface area contributed by atoms with Crippen molar-refractivity contribution in [3.8, 4) is 11.5 Å². The van der Waals surface area contributed by atoms with E-state index in [-0.39, 0.29) is 23.7 Å². The van der Waals surface area contributed by atoms with E-state index in [0.29, 0.717) is 17.6 Å². The molecule has 4 nitrogen and oxygen atoms in total. The number of phenolic OH excluding ortho intramolecular Hbond substituents is 1. The number of ether oxygens (including phenoxy) is 1. The number of hydrogen-bond acceptors (Lipinski definition) is 4.